The lowest BCUT2D eigenvalue weighted by atomic mass is 9.80. The number of aliphatic hydroxyl groups excluding tert-OH is 1. The molecule has 8 heteroatoms. The van der Waals surface area contributed by atoms with Crippen LogP contribution >= 0.6 is 23.2 Å². The predicted octanol–water partition coefficient (Wildman–Crippen LogP) is 3.89. The fraction of sp³-hybridized carbons (Fsp3) is 0.538. The zero-order valence-electron chi connectivity index (χ0n) is 19.6. The molecule has 2 N–H and O–H groups in total. The maximum absolute atomic E-state index is 13.9. The molecule has 2 aliphatic rings. The van der Waals surface area contributed by atoms with Crippen molar-refractivity contribution < 1.29 is 9.90 Å². The van der Waals surface area contributed by atoms with Crippen LogP contribution in [0.25, 0.3) is 0 Å². The summed E-state index contributed by atoms with van der Waals surface area (Å²) in [5.41, 5.74) is 2.81. The van der Waals surface area contributed by atoms with Gasteiger partial charge in [0.1, 0.15) is 0 Å². The number of piperidine rings is 1. The Balaban J connectivity index is 1.58. The van der Waals surface area contributed by atoms with Crippen molar-refractivity contribution in [3.63, 3.8) is 0 Å². The Morgan fingerprint density at radius 2 is 2.00 bits per heavy atom. The summed E-state index contributed by atoms with van der Waals surface area (Å²) in [4.78, 5) is 28.1. The van der Waals surface area contributed by atoms with Crippen LogP contribution in [0.3, 0.4) is 0 Å². The van der Waals surface area contributed by atoms with E-state index in [1.54, 1.807) is 23.9 Å². The molecule has 0 radical (unpaired) electrons. The first-order valence-corrected chi connectivity index (χ1v) is 12.9. The SMILES string of the molecule is Cn1ccc([C@H]2CCNC[C@@H]2C(=O)N(Cc2cc(CCCCO)cc(Cl)c2Cl)C2CC2)cc1=O. The third kappa shape index (κ3) is 5.85. The standard InChI is InChI=1S/C26H33Cl2N3O3/c1-30-10-8-18(14-24(30)33)21-7-9-29-15-22(21)26(34)31(20-5-6-20)16-19-12-17(4-2-3-11-32)13-23(27)25(19)28/h8,10,12-14,20-22,29,32H,2-7,9,11,15-16H2,1H3/t21-,22+/m1/s1. The van der Waals surface area contributed by atoms with E-state index in [9.17, 15) is 9.59 Å². The number of carbonyl (C=O) groups is 1. The molecule has 1 amide bonds. The van der Waals surface area contributed by atoms with E-state index in [4.69, 9.17) is 28.3 Å². The lowest BCUT2D eigenvalue weighted by Crippen LogP contribution is -2.47. The van der Waals surface area contributed by atoms with Gasteiger partial charge in [-0.2, -0.15) is 0 Å². The fourth-order valence-corrected chi connectivity index (χ4v) is 5.32. The lowest BCUT2D eigenvalue weighted by molar-refractivity contribution is -0.138. The van der Waals surface area contributed by atoms with Crippen LogP contribution in [-0.4, -0.2) is 46.2 Å². The number of hydrogen-bond donors (Lipinski definition) is 2. The van der Waals surface area contributed by atoms with E-state index >= 15 is 0 Å². The third-order valence-electron chi connectivity index (χ3n) is 7.00. The summed E-state index contributed by atoms with van der Waals surface area (Å²) in [6.45, 7) is 2.01. The monoisotopic (exact) mass is 505 g/mol. The molecule has 1 saturated heterocycles. The molecule has 1 aliphatic heterocycles. The molecule has 1 aromatic heterocycles. The molecule has 4 rings (SSSR count). The summed E-state index contributed by atoms with van der Waals surface area (Å²) < 4.78 is 1.55. The number of hydrogen-bond acceptors (Lipinski definition) is 4. The Kier molecular flexibility index (Phi) is 8.35. The molecular weight excluding hydrogens is 473 g/mol. The van der Waals surface area contributed by atoms with Crippen molar-refractivity contribution in [3.8, 4) is 0 Å². The van der Waals surface area contributed by atoms with Crippen LogP contribution in [0.2, 0.25) is 10.0 Å². The predicted molar refractivity (Wildman–Crippen MR) is 135 cm³/mol. The Morgan fingerprint density at radius 1 is 1.21 bits per heavy atom. The van der Waals surface area contributed by atoms with Gasteiger partial charge in [-0.3, -0.25) is 9.59 Å². The number of nitrogens with one attached hydrogen (secondary N) is 1. The first kappa shape index (κ1) is 25.2. The number of aromatic nitrogens is 1. The van der Waals surface area contributed by atoms with Crippen LogP contribution in [0.5, 0.6) is 0 Å². The van der Waals surface area contributed by atoms with Gasteiger partial charge in [-0.05, 0) is 79.8 Å². The highest BCUT2D eigenvalue weighted by Gasteiger charge is 2.40. The first-order valence-electron chi connectivity index (χ1n) is 12.1. The lowest BCUT2D eigenvalue weighted by Gasteiger charge is -2.36. The highest BCUT2D eigenvalue weighted by atomic mass is 35.5. The number of aliphatic hydroxyl groups is 1. The van der Waals surface area contributed by atoms with Crippen LogP contribution in [-0.2, 0) is 24.8 Å². The minimum Gasteiger partial charge on any atom is -0.396 e. The molecule has 1 aliphatic carbocycles. The average Bonchev–Trinajstić information content (AvgIpc) is 3.67. The molecule has 0 bridgehead atoms. The minimum atomic E-state index is -0.233. The summed E-state index contributed by atoms with van der Waals surface area (Å²) >= 11 is 13.0. The molecule has 2 heterocycles. The number of rotatable bonds is 9. The van der Waals surface area contributed by atoms with Gasteiger partial charge in [0.05, 0.1) is 16.0 Å². The van der Waals surface area contributed by atoms with Gasteiger partial charge in [0.25, 0.3) is 5.56 Å². The Labute approximate surface area is 210 Å². The van der Waals surface area contributed by atoms with Crippen LogP contribution in [0, 0.1) is 5.92 Å². The number of nitrogens with zero attached hydrogens (tertiary/aromatic N) is 2. The second kappa shape index (κ2) is 11.3. The van der Waals surface area contributed by atoms with Gasteiger partial charge in [0.15, 0.2) is 0 Å². The molecular formula is C26H33Cl2N3O3. The molecule has 6 nitrogen and oxygen atoms in total. The van der Waals surface area contributed by atoms with Crippen molar-refractivity contribution in [2.24, 2.45) is 13.0 Å². The van der Waals surface area contributed by atoms with Crippen molar-refractivity contribution in [3.05, 3.63) is 67.6 Å². The summed E-state index contributed by atoms with van der Waals surface area (Å²) in [6.07, 6.45) is 6.98. The van der Waals surface area contributed by atoms with E-state index in [-0.39, 0.29) is 36.0 Å². The highest BCUT2D eigenvalue weighted by molar-refractivity contribution is 6.42. The Bertz CT molecular complexity index is 1080. The quantitative estimate of drug-likeness (QED) is 0.507. The van der Waals surface area contributed by atoms with E-state index in [0.717, 1.165) is 61.8 Å². The van der Waals surface area contributed by atoms with E-state index < -0.39 is 0 Å². The van der Waals surface area contributed by atoms with Gasteiger partial charge >= 0.3 is 0 Å². The highest BCUT2D eigenvalue weighted by Crippen LogP contribution is 2.37. The summed E-state index contributed by atoms with van der Waals surface area (Å²) in [6, 6.07) is 7.78. The van der Waals surface area contributed by atoms with Crippen molar-refractivity contribution in [2.75, 3.05) is 19.7 Å². The molecule has 2 aromatic rings. The van der Waals surface area contributed by atoms with Crippen LogP contribution < -0.4 is 10.9 Å². The van der Waals surface area contributed by atoms with Crippen molar-refractivity contribution in [1.29, 1.82) is 0 Å². The van der Waals surface area contributed by atoms with E-state index in [1.165, 1.54) is 0 Å². The van der Waals surface area contributed by atoms with Gasteiger partial charge in [-0.1, -0.05) is 29.3 Å². The molecule has 1 aromatic carbocycles. The van der Waals surface area contributed by atoms with Crippen LogP contribution in [0.1, 0.15) is 54.7 Å². The van der Waals surface area contributed by atoms with Crippen molar-refractivity contribution in [1.82, 2.24) is 14.8 Å². The second-order valence-corrected chi connectivity index (χ2v) is 10.3. The van der Waals surface area contributed by atoms with E-state index in [1.807, 2.05) is 23.1 Å². The molecule has 2 atom stereocenters. The maximum atomic E-state index is 13.9. The Hall–Kier alpha value is -1.86. The molecule has 1 saturated carbocycles. The van der Waals surface area contributed by atoms with Crippen molar-refractivity contribution in [2.45, 2.75) is 57.0 Å². The largest absolute Gasteiger partial charge is 0.396 e. The molecule has 184 valence electrons. The normalized spacial score (nSPS) is 20.4. The van der Waals surface area contributed by atoms with Gasteiger partial charge in [-0.15, -0.1) is 0 Å². The number of pyridine rings is 1. The Morgan fingerprint density at radius 3 is 2.71 bits per heavy atom. The van der Waals surface area contributed by atoms with Gasteiger partial charge in [0, 0.05) is 45.0 Å². The molecule has 34 heavy (non-hydrogen) atoms. The zero-order valence-corrected chi connectivity index (χ0v) is 21.1. The van der Waals surface area contributed by atoms with E-state index in [2.05, 4.69) is 5.32 Å². The number of amides is 1. The maximum Gasteiger partial charge on any atom is 0.250 e. The van der Waals surface area contributed by atoms with Gasteiger partial charge < -0.3 is 19.9 Å². The number of unbranched alkanes of at least 4 members (excludes halogenated alkanes) is 1. The number of benzene rings is 1. The zero-order chi connectivity index (χ0) is 24.2. The first-order chi connectivity index (χ1) is 16.4. The van der Waals surface area contributed by atoms with Gasteiger partial charge in [-0.25, -0.2) is 0 Å². The number of aryl methyl sites for hydroxylation is 2. The topological polar surface area (TPSA) is 74.6 Å². The average molecular weight is 506 g/mol. The van der Waals surface area contributed by atoms with Crippen LogP contribution in [0.4, 0.5) is 0 Å². The summed E-state index contributed by atoms with van der Waals surface area (Å²) in [5, 5.41) is 13.5. The molecule has 0 unspecified atom stereocenters. The number of carbonyl (C=O) groups excluding carboxylic acids is 1. The fourth-order valence-electron chi connectivity index (χ4n) is 4.89. The summed E-state index contributed by atoms with van der Waals surface area (Å²) in [5.74, 6) is -0.116. The number of halogens is 2. The van der Waals surface area contributed by atoms with E-state index in [0.29, 0.717) is 23.1 Å². The smallest absolute Gasteiger partial charge is 0.250 e. The summed E-state index contributed by atoms with van der Waals surface area (Å²) in [7, 11) is 1.73. The van der Waals surface area contributed by atoms with Crippen molar-refractivity contribution >= 4 is 29.1 Å². The molecule has 2 fully saturated rings. The minimum absolute atomic E-state index is 0.00720. The van der Waals surface area contributed by atoms with Gasteiger partial charge in [0.2, 0.25) is 5.91 Å². The molecule has 0 spiro atoms. The third-order valence-corrected chi connectivity index (χ3v) is 7.85. The van der Waals surface area contributed by atoms with Crippen LogP contribution in [0.15, 0.2) is 35.3 Å². The second-order valence-electron chi connectivity index (χ2n) is 9.54.